The number of carbonyl (C=O) groups is 1. The number of carbonyl (C=O) groups excluding carboxylic acids is 1. The smallest absolute Gasteiger partial charge is 0.224 e. The number of methoxy groups -OCH3 is 2. The molecule has 0 radical (unpaired) electrons. The van der Waals surface area contributed by atoms with Gasteiger partial charge in [-0.3, -0.25) is 4.79 Å². The van der Waals surface area contributed by atoms with Crippen LogP contribution in [0.3, 0.4) is 0 Å². The molecule has 0 unspecified atom stereocenters. The molecule has 0 atom stereocenters. The Morgan fingerprint density at radius 3 is 2.04 bits per heavy atom. The minimum atomic E-state index is -0.0722. The minimum absolute atomic E-state index is 0.0722. The van der Waals surface area contributed by atoms with E-state index in [-0.39, 0.29) is 11.3 Å². The first-order chi connectivity index (χ1) is 12.8. The van der Waals surface area contributed by atoms with Crippen LogP contribution in [-0.2, 0) is 10.2 Å². The third kappa shape index (κ3) is 6.51. The highest BCUT2D eigenvalue weighted by Gasteiger charge is 2.13. The highest BCUT2D eigenvalue weighted by atomic mass is 16.5. The predicted octanol–water partition coefficient (Wildman–Crippen LogP) is 4.80. The largest absolute Gasteiger partial charge is 0.497 e. The molecular weight excluding hydrogens is 342 g/mol. The van der Waals surface area contributed by atoms with Gasteiger partial charge in [0.1, 0.15) is 17.2 Å². The Hall–Kier alpha value is -2.69. The fraction of sp³-hybridized carbons (Fsp3) is 0.409. The van der Waals surface area contributed by atoms with Gasteiger partial charge in [0.2, 0.25) is 5.91 Å². The average Bonchev–Trinajstić information content (AvgIpc) is 2.64. The topological polar surface area (TPSA) is 56.8 Å². The number of ether oxygens (including phenoxy) is 3. The zero-order valence-corrected chi connectivity index (χ0v) is 16.8. The lowest BCUT2D eigenvalue weighted by molar-refractivity contribution is -0.116. The quantitative estimate of drug-likeness (QED) is 0.677. The van der Waals surface area contributed by atoms with Gasteiger partial charge in [-0.1, -0.05) is 32.9 Å². The molecule has 1 amide bonds. The summed E-state index contributed by atoms with van der Waals surface area (Å²) in [5, 5.41) is 2.86. The molecule has 27 heavy (non-hydrogen) atoms. The van der Waals surface area contributed by atoms with Crippen LogP contribution in [0.4, 0.5) is 5.69 Å². The maximum atomic E-state index is 12.1. The maximum Gasteiger partial charge on any atom is 0.224 e. The molecule has 2 aromatic carbocycles. The Bertz CT molecular complexity index is 726. The van der Waals surface area contributed by atoms with Crippen molar-refractivity contribution in [1.29, 1.82) is 0 Å². The molecule has 146 valence electrons. The summed E-state index contributed by atoms with van der Waals surface area (Å²) in [6.07, 6.45) is 1.01. The van der Waals surface area contributed by atoms with E-state index in [0.717, 1.165) is 5.75 Å². The number of anilines is 1. The molecule has 0 aliphatic rings. The second kappa shape index (κ2) is 9.31. The summed E-state index contributed by atoms with van der Waals surface area (Å²) in [4.78, 5) is 12.1. The van der Waals surface area contributed by atoms with Gasteiger partial charge in [-0.25, -0.2) is 0 Å². The molecule has 0 fully saturated rings. The standard InChI is InChI=1S/C22H29NO4/c1-22(2,3)16-8-10-18(11-9-16)27-12-6-7-21(24)23-17-13-19(25-4)15-20(14-17)26-5/h8-11,13-15H,6-7,12H2,1-5H3,(H,23,24). The molecular formula is C22H29NO4. The molecule has 2 aromatic rings. The first-order valence-electron chi connectivity index (χ1n) is 9.08. The second-order valence-corrected chi connectivity index (χ2v) is 7.38. The number of nitrogens with one attached hydrogen (secondary N) is 1. The molecule has 0 aliphatic heterocycles. The van der Waals surface area contributed by atoms with Crippen molar-refractivity contribution in [2.24, 2.45) is 0 Å². The van der Waals surface area contributed by atoms with E-state index in [4.69, 9.17) is 14.2 Å². The maximum absolute atomic E-state index is 12.1. The van der Waals surface area contributed by atoms with Gasteiger partial charge < -0.3 is 19.5 Å². The van der Waals surface area contributed by atoms with Crippen LogP contribution in [0.15, 0.2) is 42.5 Å². The average molecular weight is 371 g/mol. The SMILES string of the molecule is COc1cc(NC(=O)CCCOc2ccc(C(C)(C)C)cc2)cc(OC)c1. The fourth-order valence-electron chi connectivity index (χ4n) is 2.58. The van der Waals surface area contributed by atoms with Gasteiger partial charge in [-0.05, 0) is 29.5 Å². The highest BCUT2D eigenvalue weighted by Crippen LogP contribution is 2.26. The van der Waals surface area contributed by atoms with Gasteiger partial charge in [0, 0.05) is 30.3 Å². The fourth-order valence-corrected chi connectivity index (χ4v) is 2.58. The summed E-state index contributed by atoms with van der Waals surface area (Å²) in [5.41, 5.74) is 2.04. The summed E-state index contributed by atoms with van der Waals surface area (Å²) in [5.74, 6) is 2.01. The molecule has 0 bridgehead atoms. The van der Waals surface area contributed by atoms with Crippen LogP contribution >= 0.6 is 0 Å². The summed E-state index contributed by atoms with van der Waals surface area (Å²) >= 11 is 0. The van der Waals surface area contributed by atoms with Gasteiger partial charge >= 0.3 is 0 Å². The van der Waals surface area contributed by atoms with Gasteiger partial charge in [-0.15, -0.1) is 0 Å². The van der Waals surface area contributed by atoms with E-state index < -0.39 is 0 Å². The number of rotatable bonds is 8. The first-order valence-corrected chi connectivity index (χ1v) is 9.08. The van der Waals surface area contributed by atoms with E-state index in [9.17, 15) is 4.79 Å². The molecule has 5 nitrogen and oxygen atoms in total. The first kappa shape index (κ1) is 20.6. The number of hydrogen-bond acceptors (Lipinski definition) is 4. The van der Waals surface area contributed by atoms with E-state index in [1.165, 1.54) is 5.56 Å². The molecule has 0 heterocycles. The lowest BCUT2D eigenvalue weighted by atomic mass is 9.87. The molecule has 0 aliphatic carbocycles. The molecule has 2 rings (SSSR count). The number of amides is 1. The Morgan fingerprint density at radius 1 is 0.926 bits per heavy atom. The van der Waals surface area contributed by atoms with Crippen molar-refractivity contribution < 1.29 is 19.0 Å². The van der Waals surface area contributed by atoms with Crippen molar-refractivity contribution >= 4 is 11.6 Å². The third-order valence-corrected chi connectivity index (χ3v) is 4.17. The molecule has 0 aromatic heterocycles. The van der Waals surface area contributed by atoms with Crippen molar-refractivity contribution in [3.63, 3.8) is 0 Å². The van der Waals surface area contributed by atoms with E-state index in [1.54, 1.807) is 32.4 Å². The van der Waals surface area contributed by atoms with Gasteiger partial charge in [0.25, 0.3) is 0 Å². The van der Waals surface area contributed by atoms with Gasteiger partial charge in [-0.2, -0.15) is 0 Å². The Kier molecular flexibility index (Phi) is 7.11. The van der Waals surface area contributed by atoms with E-state index in [0.29, 0.717) is 36.6 Å². The molecule has 0 spiro atoms. The summed E-state index contributed by atoms with van der Waals surface area (Å²) in [7, 11) is 3.15. The van der Waals surface area contributed by atoms with Crippen LogP contribution < -0.4 is 19.5 Å². The Labute approximate surface area is 161 Å². The van der Waals surface area contributed by atoms with E-state index in [2.05, 4.69) is 38.2 Å². The summed E-state index contributed by atoms with van der Waals surface area (Å²) in [6.45, 7) is 7.03. The number of benzene rings is 2. The molecule has 0 saturated heterocycles. The zero-order chi connectivity index (χ0) is 19.9. The highest BCUT2D eigenvalue weighted by molar-refractivity contribution is 5.91. The van der Waals surface area contributed by atoms with Crippen molar-refractivity contribution in [2.45, 2.75) is 39.0 Å². The van der Waals surface area contributed by atoms with Crippen LogP contribution in [0.2, 0.25) is 0 Å². The van der Waals surface area contributed by atoms with Crippen molar-refractivity contribution in [2.75, 3.05) is 26.1 Å². The zero-order valence-electron chi connectivity index (χ0n) is 16.8. The monoisotopic (exact) mass is 371 g/mol. The Balaban J connectivity index is 1.78. The van der Waals surface area contributed by atoms with Crippen LogP contribution in [-0.4, -0.2) is 26.7 Å². The van der Waals surface area contributed by atoms with E-state index >= 15 is 0 Å². The van der Waals surface area contributed by atoms with Crippen molar-refractivity contribution in [3.05, 3.63) is 48.0 Å². The summed E-state index contributed by atoms with van der Waals surface area (Å²) in [6, 6.07) is 13.4. The van der Waals surface area contributed by atoms with Crippen LogP contribution in [0.25, 0.3) is 0 Å². The lowest BCUT2D eigenvalue weighted by Gasteiger charge is -2.19. The predicted molar refractivity (Wildman–Crippen MR) is 108 cm³/mol. The second-order valence-electron chi connectivity index (χ2n) is 7.38. The van der Waals surface area contributed by atoms with Gasteiger partial charge in [0.15, 0.2) is 0 Å². The van der Waals surface area contributed by atoms with E-state index in [1.807, 2.05) is 12.1 Å². The Morgan fingerprint density at radius 2 is 1.52 bits per heavy atom. The molecule has 1 N–H and O–H groups in total. The van der Waals surface area contributed by atoms with Crippen LogP contribution in [0.5, 0.6) is 17.2 Å². The normalized spacial score (nSPS) is 11.0. The third-order valence-electron chi connectivity index (χ3n) is 4.17. The number of hydrogen-bond donors (Lipinski definition) is 1. The lowest BCUT2D eigenvalue weighted by Crippen LogP contribution is -2.13. The van der Waals surface area contributed by atoms with Crippen LogP contribution in [0.1, 0.15) is 39.2 Å². The van der Waals surface area contributed by atoms with Crippen LogP contribution in [0, 0.1) is 0 Å². The minimum Gasteiger partial charge on any atom is -0.497 e. The summed E-state index contributed by atoms with van der Waals surface area (Å²) < 4.78 is 16.1. The molecule has 5 heteroatoms. The van der Waals surface area contributed by atoms with Crippen molar-refractivity contribution in [1.82, 2.24) is 0 Å². The van der Waals surface area contributed by atoms with Crippen molar-refractivity contribution in [3.8, 4) is 17.2 Å². The molecule has 0 saturated carbocycles. The van der Waals surface area contributed by atoms with Gasteiger partial charge in [0.05, 0.1) is 20.8 Å².